The van der Waals surface area contributed by atoms with Crippen molar-refractivity contribution in [2.24, 2.45) is 11.1 Å². The Balaban J connectivity index is 1.52. The van der Waals surface area contributed by atoms with Crippen LogP contribution in [-0.4, -0.2) is 70.9 Å². The van der Waals surface area contributed by atoms with Crippen LogP contribution in [0.4, 0.5) is 4.79 Å². The molecule has 0 unspecified atom stereocenters. The van der Waals surface area contributed by atoms with Crippen LogP contribution in [0.25, 0.3) is 0 Å². The normalized spacial score (nSPS) is 25.8. The molecule has 0 bridgehead atoms. The Morgan fingerprint density at radius 2 is 1.62 bits per heavy atom. The molecule has 164 valence electrons. The number of nitrogens with two attached hydrogens (primary N) is 1. The lowest BCUT2D eigenvalue weighted by molar-refractivity contribution is -0.141. The fourth-order valence-corrected chi connectivity index (χ4v) is 5.42. The summed E-state index contributed by atoms with van der Waals surface area (Å²) in [6.07, 6.45) is 8.40. The largest absolute Gasteiger partial charge is 0.351 e. The van der Waals surface area contributed by atoms with E-state index in [2.05, 4.69) is 11.5 Å². The molecule has 1 aliphatic carbocycles. The van der Waals surface area contributed by atoms with E-state index < -0.39 is 0 Å². The number of hydrogen-bond donors (Lipinski definition) is 1. The number of primary amides is 1. The number of piperidine rings is 2. The second-order valence-electron chi connectivity index (χ2n) is 10.2. The van der Waals surface area contributed by atoms with Crippen LogP contribution in [0, 0.1) is 5.41 Å². The van der Waals surface area contributed by atoms with Crippen LogP contribution in [0.5, 0.6) is 0 Å². The molecule has 1 atom stereocenters. The van der Waals surface area contributed by atoms with Gasteiger partial charge in [-0.3, -0.25) is 4.79 Å². The summed E-state index contributed by atoms with van der Waals surface area (Å²) in [4.78, 5) is 31.3. The van der Waals surface area contributed by atoms with Crippen molar-refractivity contribution >= 4 is 11.9 Å². The summed E-state index contributed by atoms with van der Waals surface area (Å²) in [6, 6.07) is 0.618. The molecule has 2 aliphatic heterocycles. The summed E-state index contributed by atoms with van der Waals surface area (Å²) < 4.78 is 0. The number of rotatable bonds is 3. The van der Waals surface area contributed by atoms with Gasteiger partial charge in [0.25, 0.3) is 0 Å². The Morgan fingerprint density at radius 3 is 2.14 bits per heavy atom. The van der Waals surface area contributed by atoms with E-state index in [4.69, 9.17) is 5.73 Å². The van der Waals surface area contributed by atoms with Gasteiger partial charge < -0.3 is 20.4 Å². The molecule has 3 aliphatic rings. The fourth-order valence-electron chi connectivity index (χ4n) is 5.42. The van der Waals surface area contributed by atoms with Crippen molar-refractivity contribution < 1.29 is 9.59 Å². The molecule has 2 saturated heterocycles. The summed E-state index contributed by atoms with van der Waals surface area (Å²) in [7, 11) is 0. The molecule has 29 heavy (non-hydrogen) atoms. The zero-order chi connectivity index (χ0) is 21.2. The number of nitrogens with zero attached hydrogens (tertiary/aromatic N) is 3. The first-order chi connectivity index (χ1) is 13.7. The Hall–Kier alpha value is -1.56. The molecule has 2 N–H and O–H groups in total. The van der Waals surface area contributed by atoms with Gasteiger partial charge in [-0.1, -0.05) is 39.3 Å². The van der Waals surface area contributed by atoms with Gasteiger partial charge in [-0.25, -0.2) is 4.79 Å². The van der Waals surface area contributed by atoms with Crippen LogP contribution in [0.15, 0.2) is 12.2 Å². The minimum atomic E-state index is -0.299. The highest BCUT2D eigenvalue weighted by Crippen LogP contribution is 2.32. The van der Waals surface area contributed by atoms with E-state index in [-0.39, 0.29) is 29.4 Å². The summed E-state index contributed by atoms with van der Waals surface area (Å²) in [5.74, 6) is 0.263. The smallest absolute Gasteiger partial charge is 0.315 e. The van der Waals surface area contributed by atoms with Gasteiger partial charge in [0.15, 0.2) is 0 Å². The molecule has 2 heterocycles. The molecular weight excluding hydrogens is 364 g/mol. The van der Waals surface area contributed by atoms with E-state index in [1.807, 2.05) is 30.6 Å². The number of carbonyl (C=O) groups is 2. The molecular formula is C23H40N4O2. The van der Waals surface area contributed by atoms with Crippen LogP contribution in [0.1, 0.15) is 72.1 Å². The third-order valence-corrected chi connectivity index (χ3v) is 7.09. The zero-order valence-corrected chi connectivity index (χ0v) is 18.7. The van der Waals surface area contributed by atoms with Crippen molar-refractivity contribution in [2.45, 2.75) is 90.3 Å². The predicted octanol–water partition coefficient (Wildman–Crippen LogP) is 3.37. The molecule has 6 heteroatoms. The molecule has 3 fully saturated rings. The van der Waals surface area contributed by atoms with Gasteiger partial charge in [-0.05, 0) is 44.9 Å². The lowest BCUT2D eigenvalue weighted by atomic mass is 9.87. The molecule has 0 aromatic carbocycles. The maximum absolute atomic E-state index is 12.5. The Labute approximate surface area is 176 Å². The zero-order valence-electron chi connectivity index (χ0n) is 18.7. The summed E-state index contributed by atoms with van der Waals surface area (Å²) in [6.45, 7) is 13.9. The lowest BCUT2D eigenvalue weighted by Gasteiger charge is -2.46. The molecule has 3 rings (SSSR count). The highest BCUT2D eigenvalue weighted by Gasteiger charge is 2.37. The van der Waals surface area contributed by atoms with Crippen molar-refractivity contribution in [3.63, 3.8) is 0 Å². The Kier molecular flexibility index (Phi) is 6.92. The van der Waals surface area contributed by atoms with E-state index in [9.17, 15) is 9.59 Å². The van der Waals surface area contributed by atoms with Crippen molar-refractivity contribution in [3.05, 3.63) is 12.2 Å². The topological polar surface area (TPSA) is 69.9 Å². The average molecular weight is 405 g/mol. The predicted molar refractivity (Wildman–Crippen MR) is 116 cm³/mol. The SMILES string of the molecule is C=C1CCCC[C@@H]1N(C(N)=O)C1CCN(C2CCN(C(=O)C(C)(C)C)CC2)CC1. The van der Waals surface area contributed by atoms with Crippen molar-refractivity contribution in [1.29, 1.82) is 0 Å². The van der Waals surface area contributed by atoms with E-state index in [0.29, 0.717) is 6.04 Å². The van der Waals surface area contributed by atoms with Crippen molar-refractivity contribution in [3.8, 4) is 0 Å². The van der Waals surface area contributed by atoms with Gasteiger partial charge in [0.1, 0.15) is 0 Å². The Morgan fingerprint density at radius 1 is 1.00 bits per heavy atom. The van der Waals surface area contributed by atoms with Crippen LogP contribution < -0.4 is 5.73 Å². The van der Waals surface area contributed by atoms with E-state index in [1.54, 1.807) is 0 Å². The first kappa shape index (κ1) is 22.1. The average Bonchev–Trinajstić information content (AvgIpc) is 2.69. The minimum Gasteiger partial charge on any atom is -0.351 e. The van der Waals surface area contributed by atoms with Crippen LogP contribution in [0.3, 0.4) is 0 Å². The first-order valence-electron chi connectivity index (χ1n) is 11.5. The van der Waals surface area contributed by atoms with E-state index in [1.165, 1.54) is 12.0 Å². The van der Waals surface area contributed by atoms with Crippen molar-refractivity contribution in [1.82, 2.24) is 14.7 Å². The number of carbonyl (C=O) groups excluding carboxylic acids is 2. The second-order valence-corrected chi connectivity index (χ2v) is 10.2. The van der Waals surface area contributed by atoms with Gasteiger partial charge in [-0.15, -0.1) is 0 Å². The van der Waals surface area contributed by atoms with E-state index >= 15 is 0 Å². The summed E-state index contributed by atoms with van der Waals surface area (Å²) >= 11 is 0. The highest BCUT2D eigenvalue weighted by molar-refractivity contribution is 5.81. The third kappa shape index (κ3) is 5.14. The van der Waals surface area contributed by atoms with Crippen LogP contribution in [0.2, 0.25) is 0 Å². The minimum absolute atomic E-state index is 0.129. The standard InChI is InChI=1S/C23H40N4O2/c1-17-7-5-6-8-20(17)27(22(24)29)19-11-13-25(14-12-19)18-9-15-26(16-10-18)21(28)23(2,3)4/h18-20H,1,5-16H2,2-4H3,(H2,24,29)/t20-/m0/s1. The third-order valence-electron chi connectivity index (χ3n) is 7.09. The second kappa shape index (κ2) is 9.07. The van der Waals surface area contributed by atoms with E-state index in [0.717, 1.165) is 71.1 Å². The van der Waals surface area contributed by atoms with Crippen molar-refractivity contribution in [2.75, 3.05) is 26.2 Å². The fraction of sp³-hybridized carbons (Fsp3) is 0.826. The molecule has 0 aromatic rings. The highest BCUT2D eigenvalue weighted by atomic mass is 16.2. The molecule has 1 saturated carbocycles. The van der Waals surface area contributed by atoms with Gasteiger partial charge in [0.05, 0.1) is 6.04 Å². The van der Waals surface area contributed by atoms with Gasteiger partial charge >= 0.3 is 6.03 Å². The van der Waals surface area contributed by atoms with Gasteiger partial charge in [0.2, 0.25) is 5.91 Å². The molecule has 0 spiro atoms. The maximum atomic E-state index is 12.5. The first-order valence-corrected chi connectivity index (χ1v) is 11.5. The molecule has 6 nitrogen and oxygen atoms in total. The van der Waals surface area contributed by atoms with Gasteiger partial charge in [0, 0.05) is 43.7 Å². The number of amides is 3. The molecule has 0 aromatic heterocycles. The van der Waals surface area contributed by atoms with Crippen LogP contribution in [-0.2, 0) is 4.79 Å². The van der Waals surface area contributed by atoms with Gasteiger partial charge in [-0.2, -0.15) is 0 Å². The lowest BCUT2D eigenvalue weighted by Crippen LogP contribution is -2.56. The molecule has 3 amide bonds. The molecule has 0 radical (unpaired) electrons. The summed E-state index contributed by atoms with van der Waals surface area (Å²) in [5.41, 5.74) is 6.69. The quantitative estimate of drug-likeness (QED) is 0.733. The maximum Gasteiger partial charge on any atom is 0.315 e. The number of urea groups is 1. The number of likely N-dealkylation sites (tertiary alicyclic amines) is 2. The van der Waals surface area contributed by atoms with Crippen LogP contribution >= 0.6 is 0 Å². The summed E-state index contributed by atoms with van der Waals surface area (Å²) in [5, 5.41) is 0. The monoisotopic (exact) mass is 404 g/mol. The Bertz CT molecular complexity index is 611. The number of hydrogen-bond acceptors (Lipinski definition) is 3.